The van der Waals surface area contributed by atoms with Crippen LogP contribution >= 0.6 is 0 Å². The first-order valence-corrected chi connectivity index (χ1v) is 6.87. The Morgan fingerprint density at radius 1 is 0.789 bits per heavy atom. The largest absolute Gasteiger partial charge is 0.508 e. The summed E-state index contributed by atoms with van der Waals surface area (Å²) in [5.74, 6) is 0.392. The first-order valence-electron chi connectivity index (χ1n) is 6.87. The predicted molar refractivity (Wildman–Crippen MR) is 83.0 cm³/mol. The van der Waals surface area contributed by atoms with Crippen LogP contribution < -0.4 is 0 Å². The highest BCUT2D eigenvalue weighted by Crippen LogP contribution is 2.38. The van der Waals surface area contributed by atoms with E-state index in [1.54, 1.807) is 0 Å². The summed E-state index contributed by atoms with van der Waals surface area (Å²) in [5, 5.41) is 12.5. The molecule has 0 aliphatic heterocycles. The number of hydrogen-bond donors (Lipinski definition) is 1. The monoisotopic (exact) mass is 256 g/mol. The van der Waals surface area contributed by atoms with Crippen molar-refractivity contribution in [3.05, 3.63) is 41.5 Å². The van der Waals surface area contributed by atoms with Crippen LogP contribution in [-0.4, -0.2) is 5.11 Å². The van der Waals surface area contributed by atoms with Crippen molar-refractivity contribution in [3.8, 4) is 5.75 Å². The molecule has 0 unspecified atom stereocenters. The number of rotatable bonds is 0. The Labute approximate surface area is 116 Å². The molecule has 0 bridgehead atoms. The van der Waals surface area contributed by atoms with Crippen molar-refractivity contribution in [1.82, 2.24) is 0 Å². The molecular formula is C18H24O. The van der Waals surface area contributed by atoms with E-state index in [4.69, 9.17) is 0 Å². The van der Waals surface area contributed by atoms with Gasteiger partial charge in [0.2, 0.25) is 0 Å². The van der Waals surface area contributed by atoms with Crippen LogP contribution in [0.5, 0.6) is 5.75 Å². The van der Waals surface area contributed by atoms with Crippen molar-refractivity contribution in [2.75, 3.05) is 0 Å². The smallest absolute Gasteiger partial charge is 0.119 e. The first-order chi connectivity index (χ1) is 8.60. The van der Waals surface area contributed by atoms with Crippen LogP contribution in [0.15, 0.2) is 30.3 Å². The Hall–Kier alpha value is -1.50. The van der Waals surface area contributed by atoms with E-state index in [0.29, 0.717) is 5.75 Å². The van der Waals surface area contributed by atoms with Gasteiger partial charge in [-0.15, -0.1) is 0 Å². The van der Waals surface area contributed by atoms with Gasteiger partial charge in [0.05, 0.1) is 0 Å². The second kappa shape index (κ2) is 4.26. The average Bonchev–Trinajstić information content (AvgIpc) is 2.25. The molecule has 102 valence electrons. The summed E-state index contributed by atoms with van der Waals surface area (Å²) in [7, 11) is 0. The molecule has 0 fully saturated rings. The molecule has 2 aromatic rings. The van der Waals surface area contributed by atoms with E-state index in [2.05, 4.69) is 59.7 Å². The Balaban J connectivity index is 2.76. The zero-order valence-electron chi connectivity index (χ0n) is 12.8. The van der Waals surface area contributed by atoms with Crippen molar-refractivity contribution < 1.29 is 5.11 Å². The summed E-state index contributed by atoms with van der Waals surface area (Å²) < 4.78 is 0. The lowest BCUT2D eigenvalue weighted by molar-refractivity contribution is 0.449. The van der Waals surface area contributed by atoms with Crippen LogP contribution in [0.4, 0.5) is 0 Å². The van der Waals surface area contributed by atoms with Crippen LogP contribution in [0.3, 0.4) is 0 Å². The highest BCUT2D eigenvalue weighted by molar-refractivity contribution is 5.89. The lowest BCUT2D eigenvalue weighted by atomic mass is 9.80. The molecule has 19 heavy (non-hydrogen) atoms. The number of aromatic hydroxyl groups is 1. The minimum absolute atomic E-state index is 0.0627. The maximum Gasteiger partial charge on any atom is 0.119 e. The third-order valence-corrected chi connectivity index (χ3v) is 3.61. The summed E-state index contributed by atoms with van der Waals surface area (Å²) in [6.07, 6.45) is 0. The highest BCUT2D eigenvalue weighted by atomic mass is 16.3. The van der Waals surface area contributed by atoms with Gasteiger partial charge in [-0.25, -0.2) is 0 Å². The molecule has 1 N–H and O–H groups in total. The molecule has 0 amide bonds. The SMILES string of the molecule is CC(C)(C)c1ccc2c(C(C)(C)C)c(O)ccc2c1. The molecule has 0 heterocycles. The maximum atomic E-state index is 10.2. The highest BCUT2D eigenvalue weighted by Gasteiger charge is 2.22. The van der Waals surface area contributed by atoms with Crippen molar-refractivity contribution in [2.24, 2.45) is 0 Å². The van der Waals surface area contributed by atoms with E-state index in [1.807, 2.05) is 12.1 Å². The van der Waals surface area contributed by atoms with Gasteiger partial charge in [0.25, 0.3) is 0 Å². The Morgan fingerprint density at radius 2 is 1.42 bits per heavy atom. The van der Waals surface area contributed by atoms with Crippen LogP contribution in [-0.2, 0) is 10.8 Å². The quantitative estimate of drug-likeness (QED) is 0.692. The van der Waals surface area contributed by atoms with Crippen molar-refractivity contribution in [1.29, 1.82) is 0 Å². The van der Waals surface area contributed by atoms with Gasteiger partial charge in [0.15, 0.2) is 0 Å². The Bertz CT molecular complexity index is 610. The molecule has 0 radical (unpaired) electrons. The molecule has 0 spiro atoms. The standard InChI is InChI=1S/C18H24O/c1-17(2,3)13-8-9-14-12(11-13)7-10-15(19)16(14)18(4,5)6/h7-11,19H,1-6H3. The molecule has 0 saturated carbocycles. The van der Waals surface area contributed by atoms with Gasteiger partial charge in [-0.3, -0.25) is 0 Å². The van der Waals surface area contributed by atoms with E-state index in [0.717, 1.165) is 10.9 Å². The molecule has 0 atom stereocenters. The third-order valence-electron chi connectivity index (χ3n) is 3.61. The fraction of sp³-hybridized carbons (Fsp3) is 0.444. The van der Waals surface area contributed by atoms with Crippen molar-refractivity contribution in [3.63, 3.8) is 0 Å². The van der Waals surface area contributed by atoms with Gasteiger partial charge in [0.1, 0.15) is 5.75 Å². The van der Waals surface area contributed by atoms with Gasteiger partial charge in [0, 0.05) is 5.56 Å². The van der Waals surface area contributed by atoms with Gasteiger partial charge in [-0.2, -0.15) is 0 Å². The maximum absolute atomic E-state index is 10.2. The van der Waals surface area contributed by atoms with Crippen molar-refractivity contribution >= 4 is 10.8 Å². The summed E-state index contributed by atoms with van der Waals surface area (Å²) in [6, 6.07) is 10.4. The molecule has 1 heteroatoms. The fourth-order valence-corrected chi connectivity index (χ4v) is 2.57. The number of phenolic OH excluding ortho intramolecular Hbond substituents is 1. The summed E-state index contributed by atoms with van der Waals surface area (Å²) in [4.78, 5) is 0. The minimum atomic E-state index is -0.0627. The lowest BCUT2D eigenvalue weighted by Gasteiger charge is -2.24. The first kappa shape index (κ1) is 13.9. The van der Waals surface area contributed by atoms with E-state index in [-0.39, 0.29) is 10.8 Å². The molecule has 0 saturated heterocycles. The van der Waals surface area contributed by atoms with E-state index < -0.39 is 0 Å². The molecule has 2 aromatic carbocycles. The molecule has 0 aromatic heterocycles. The topological polar surface area (TPSA) is 20.2 Å². The van der Waals surface area contributed by atoms with Crippen LogP contribution in [0.2, 0.25) is 0 Å². The Kier molecular flexibility index (Phi) is 3.12. The van der Waals surface area contributed by atoms with Crippen LogP contribution in [0.25, 0.3) is 10.8 Å². The molecular weight excluding hydrogens is 232 g/mol. The second-order valence-electron chi connectivity index (χ2n) is 7.40. The number of benzene rings is 2. The van der Waals surface area contributed by atoms with E-state index >= 15 is 0 Å². The fourth-order valence-electron chi connectivity index (χ4n) is 2.57. The summed E-state index contributed by atoms with van der Waals surface area (Å²) >= 11 is 0. The number of fused-ring (bicyclic) bond motifs is 1. The Morgan fingerprint density at radius 3 is 1.95 bits per heavy atom. The van der Waals surface area contributed by atoms with Crippen LogP contribution in [0, 0.1) is 0 Å². The molecule has 0 aliphatic carbocycles. The normalized spacial score (nSPS) is 12.9. The van der Waals surface area contributed by atoms with E-state index in [9.17, 15) is 5.11 Å². The molecule has 2 rings (SSSR count). The van der Waals surface area contributed by atoms with Crippen LogP contribution in [0.1, 0.15) is 52.7 Å². The van der Waals surface area contributed by atoms with Gasteiger partial charge in [-0.05, 0) is 33.2 Å². The third kappa shape index (κ3) is 2.60. The number of hydrogen-bond acceptors (Lipinski definition) is 1. The average molecular weight is 256 g/mol. The molecule has 0 aliphatic rings. The molecule has 1 nitrogen and oxygen atoms in total. The minimum Gasteiger partial charge on any atom is -0.508 e. The summed E-state index contributed by atoms with van der Waals surface area (Å²) in [5.41, 5.74) is 2.44. The van der Waals surface area contributed by atoms with Gasteiger partial charge in [-0.1, -0.05) is 65.8 Å². The second-order valence-corrected chi connectivity index (χ2v) is 7.40. The summed E-state index contributed by atoms with van der Waals surface area (Å²) in [6.45, 7) is 13.1. The van der Waals surface area contributed by atoms with Gasteiger partial charge < -0.3 is 5.11 Å². The van der Waals surface area contributed by atoms with E-state index in [1.165, 1.54) is 10.9 Å². The van der Waals surface area contributed by atoms with Gasteiger partial charge >= 0.3 is 0 Å². The zero-order valence-corrected chi connectivity index (χ0v) is 12.8. The lowest BCUT2D eigenvalue weighted by Crippen LogP contribution is -2.13. The zero-order chi connectivity index (χ0) is 14.4. The van der Waals surface area contributed by atoms with Crippen molar-refractivity contribution in [2.45, 2.75) is 52.4 Å². The predicted octanol–water partition coefficient (Wildman–Crippen LogP) is 5.14. The number of phenols is 1.